The number of fused-ring (bicyclic) bond motifs is 1. The van der Waals surface area contributed by atoms with Gasteiger partial charge in [-0.05, 0) is 18.2 Å². The average molecular weight is 334 g/mol. The number of carbonyl (C=O) groups is 1. The first-order chi connectivity index (χ1) is 10.7. The van der Waals surface area contributed by atoms with Crippen molar-refractivity contribution in [3.8, 4) is 11.5 Å². The fourth-order valence-corrected chi connectivity index (χ4v) is 4.16. The van der Waals surface area contributed by atoms with Crippen molar-refractivity contribution in [1.29, 1.82) is 0 Å². The van der Waals surface area contributed by atoms with Gasteiger partial charge in [-0.25, -0.2) is 0 Å². The Balaban J connectivity index is 1.75. The number of benzene rings is 2. The monoisotopic (exact) mass is 333 g/mol. The van der Waals surface area contributed by atoms with Gasteiger partial charge in [-0.1, -0.05) is 29.8 Å². The molecule has 2 aliphatic rings. The molecule has 2 heterocycles. The molecule has 2 aromatic carbocycles. The van der Waals surface area contributed by atoms with Crippen LogP contribution < -0.4 is 14.4 Å². The molecule has 6 heteroatoms. The van der Waals surface area contributed by atoms with E-state index in [0.29, 0.717) is 22.3 Å². The molecule has 4 nitrogen and oxygen atoms in total. The second-order valence-corrected chi connectivity index (χ2v) is 6.46. The van der Waals surface area contributed by atoms with Crippen LogP contribution in [0.3, 0.4) is 0 Å². The Kier molecular flexibility index (Phi) is 3.39. The number of amides is 1. The molecule has 112 valence electrons. The van der Waals surface area contributed by atoms with Gasteiger partial charge in [0.2, 0.25) is 12.7 Å². The normalized spacial score (nSPS) is 19.8. The maximum Gasteiger partial charge on any atom is 0.238 e. The lowest BCUT2D eigenvalue weighted by Gasteiger charge is -2.25. The van der Waals surface area contributed by atoms with E-state index in [1.807, 2.05) is 42.5 Å². The SMILES string of the molecule is O=C1CSC(c2ccccc2Cl)N1c1ccc2c(c1)OCO2. The molecular weight excluding hydrogens is 322 g/mol. The number of carbonyl (C=O) groups excluding carboxylic acids is 1. The Labute approximate surface area is 137 Å². The van der Waals surface area contributed by atoms with Crippen molar-refractivity contribution in [3.05, 3.63) is 53.1 Å². The highest BCUT2D eigenvalue weighted by molar-refractivity contribution is 8.00. The van der Waals surface area contributed by atoms with E-state index in [4.69, 9.17) is 21.1 Å². The van der Waals surface area contributed by atoms with Gasteiger partial charge in [0.25, 0.3) is 0 Å². The van der Waals surface area contributed by atoms with Gasteiger partial charge in [0.05, 0.1) is 5.75 Å². The van der Waals surface area contributed by atoms with Crippen LogP contribution in [0.4, 0.5) is 5.69 Å². The number of rotatable bonds is 2. The minimum Gasteiger partial charge on any atom is -0.454 e. The van der Waals surface area contributed by atoms with E-state index in [9.17, 15) is 4.79 Å². The van der Waals surface area contributed by atoms with Crippen LogP contribution in [0.25, 0.3) is 0 Å². The zero-order valence-electron chi connectivity index (χ0n) is 11.5. The third-order valence-electron chi connectivity index (χ3n) is 3.67. The predicted molar refractivity (Wildman–Crippen MR) is 86.7 cm³/mol. The summed E-state index contributed by atoms with van der Waals surface area (Å²) in [5.41, 5.74) is 1.74. The van der Waals surface area contributed by atoms with Gasteiger partial charge >= 0.3 is 0 Å². The topological polar surface area (TPSA) is 38.8 Å². The van der Waals surface area contributed by atoms with Gasteiger partial charge in [-0.15, -0.1) is 11.8 Å². The van der Waals surface area contributed by atoms with Crippen molar-refractivity contribution >= 4 is 35.0 Å². The van der Waals surface area contributed by atoms with E-state index in [1.165, 1.54) is 0 Å². The van der Waals surface area contributed by atoms with E-state index < -0.39 is 0 Å². The number of halogens is 1. The molecule has 1 amide bonds. The fourth-order valence-electron chi connectivity index (χ4n) is 2.64. The van der Waals surface area contributed by atoms with Crippen molar-refractivity contribution < 1.29 is 14.3 Å². The Bertz CT molecular complexity index is 752. The van der Waals surface area contributed by atoms with Crippen LogP contribution in [0.2, 0.25) is 5.02 Å². The van der Waals surface area contributed by atoms with Gasteiger partial charge < -0.3 is 9.47 Å². The molecule has 2 aromatic rings. The average Bonchev–Trinajstić information content (AvgIpc) is 3.13. The third-order valence-corrected chi connectivity index (χ3v) is 5.21. The zero-order valence-corrected chi connectivity index (χ0v) is 13.1. The standard InChI is InChI=1S/C16H12ClNO3S/c17-12-4-2-1-3-11(12)16-18(15(19)8-22-16)10-5-6-13-14(7-10)21-9-20-13/h1-7,16H,8-9H2. The summed E-state index contributed by atoms with van der Waals surface area (Å²) in [6.07, 6.45) is 0. The number of anilines is 1. The number of ether oxygens (including phenoxy) is 2. The van der Waals surface area contributed by atoms with Crippen LogP contribution >= 0.6 is 23.4 Å². The second kappa shape index (κ2) is 5.41. The van der Waals surface area contributed by atoms with Crippen molar-refractivity contribution in [3.63, 3.8) is 0 Å². The summed E-state index contributed by atoms with van der Waals surface area (Å²) in [7, 11) is 0. The summed E-state index contributed by atoms with van der Waals surface area (Å²) in [6, 6.07) is 13.2. The summed E-state index contributed by atoms with van der Waals surface area (Å²) in [4.78, 5) is 14.1. The van der Waals surface area contributed by atoms with Crippen molar-refractivity contribution in [2.24, 2.45) is 0 Å². The Hall–Kier alpha value is -1.85. The van der Waals surface area contributed by atoms with Gasteiger partial charge in [0.1, 0.15) is 5.37 Å². The molecule has 2 aliphatic heterocycles. The first kappa shape index (κ1) is 13.8. The zero-order chi connectivity index (χ0) is 15.1. The second-order valence-electron chi connectivity index (χ2n) is 4.99. The molecule has 22 heavy (non-hydrogen) atoms. The molecule has 0 saturated carbocycles. The molecule has 1 unspecified atom stereocenters. The van der Waals surface area contributed by atoms with Crippen molar-refractivity contribution in [2.75, 3.05) is 17.4 Å². The molecule has 0 radical (unpaired) electrons. The summed E-state index contributed by atoms with van der Waals surface area (Å²) in [5, 5.41) is 0.544. The van der Waals surface area contributed by atoms with Gasteiger partial charge in [0, 0.05) is 22.3 Å². The molecule has 0 aromatic heterocycles. The Morgan fingerprint density at radius 3 is 2.82 bits per heavy atom. The molecule has 1 fully saturated rings. The highest BCUT2D eigenvalue weighted by Gasteiger charge is 2.35. The predicted octanol–water partition coefficient (Wildman–Crippen LogP) is 3.85. The van der Waals surface area contributed by atoms with Crippen LogP contribution in [-0.4, -0.2) is 18.5 Å². The van der Waals surface area contributed by atoms with E-state index in [0.717, 1.165) is 11.3 Å². The van der Waals surface area contributed by atoms with Crippen LogP contribution in [-0.2, 0) is 4.79 Å². The largest absolute Gasteiger partial charge is 0.454 e. The van der Waals surface area contributed by atoms with E-state index in [2.05, 4.69) is 0 Å². The molecule has 1 atom stereocenters. The molecule has 4 rings (SSSR count). The lowest BCUT2D eigenvalue weighted by atomic mass is 10.2. The lowest BCUT2D eigenvalue weighted by Crippen LogP contribution is -2.27. The van der Waals surface area contributed by atoms with Gasteiger partial charge in [-0.2, -0.15) is 0 Å². The molecule has 0 N–H and O–H groups in total. The maximum absolute atomic E-state index is 12.4. The molecule has 1 saturated heterocycles. The fraction of sp³-hybridized carbons (Fsp3) is 0.188. The number of nitrogens with zero attached hydrogens (tertiary/aromatic N) is 1. The van der Waals surface area contributed by atoms with Gasteiger partial charge in [-0.3, -0.25) is 9.69 Å². The summed E-state index contributed by atoms with van der Waals surface area (Å²) in [6.45, 7) is 0.218. The Morgan fingerprint density at radius 2 is 1.95 bits per heavy atom. The lowest BCUT2D eigenvalue weighted by molar-refractivity contribution is -0.115. The quantitative estimate of drug-likeness (QED) is 0.837. The molecule has 0 bridgehead atoms. The van der Waals surface area contributed by atoms with Crippen LogP contribution in [0.5, 0.6) is 11.5 Å². The first-order valence-electron chi connectivity index (χ1n) is 6.82. The summed E-state index contributed by atoms with van der Waals surface area (Å²) < 4.78 is 10.7. The van der Waals surface area contributed by atoms with Gasteiger partial charge in [0.15, 0.2) is 11.5 Å². The van der Waals surface area contributed by atoms with E-state index in [-0.39, 0.29) is 18.1 Å². The highest BCUT2D eigenvalue weighted by Crippen LogP contribution is 2.46. The van der Waals surface area contributed by atoms with Crippen LogP contribution in [0, 0.1) is 0 Å². The maximum atomic E-state index is 12.4. The van der Waals surface area contributed by atoms with E-state index >= 15 is 0 Å². The molecule has 0 aliphatic carbocycles. The summed E-state index contributed by atoms with van der Waals surface area (Å²) >= 11 is 7.88. The number of thioether (sulfide) groups is 1. The summed E-state index contributed by atoms with van der Waals surface area (Å²) in [5.74, 6) is 1.87. The van der Waals surface area contributed by atoms with Crippen molar-refractivity contribution in [1.82, 2.24) is 0 Å². The highest BCUT2D eigenvalue weighted by atomic mass is 35.5. The van der Waals surface area contributed by atoms with Crippen molar-refractivity contribution in [2.45, 2.75) is 5.37 Å². The minimum atomic E-state index is -0.124. The first-order valence-corrected chi connectivity index (χ1v) is 8.24. The number of hydrogen-bond donors (Lipinski definition) is 0. The molecule has 0 spiro atoms. The minimum absolute atomic E-state index is 0.0637. The van der Waals surface area contributed by atoms with Crippen LogP contribution in [0.15, 0.2) is 42.5 Å². The van der Waals surface area contributed by atoms with Crippen LogP contribution in [0.1, 0.15) is 10.9 Å². The molecular formula is C16H12ClNO3S. The third kappa shape index (κ3) is 2.21. The smallest absolute Gasteiger partial charge is 0.238 e. The Morgan fingerprint density at radius 1 is 1.14 bits per heavy atom. The van der Waals surface area contributed by atoms with E-state index in [1.54, 1.807) is 16.7 Å². The number of hydrogen-bond acceptors (Lipinski definition) is 4.